The fourth-order valence-electron chi connectivity index (χ4n) is 1.81. The van der Waals surface area contributed by atoms with Crippen molar-refractivity contribution in [3.8, 4) is 0 Å². The van der Waals surface area contributed by atoms with Crippen LogP contribution >= 0.6 is 27.5 Å². The molecular formula is C16H14BrClN2O3. The third-order valence-electron chi connectivity index (χ3n) is 2.98. The molecule has 2 rings (SSSR count). The van der Waals surface area contributed by atoms with Gasteiger partial charge in [-0.25, -0.2) is 4.79 Å². The summed E-state index contributed by atoms with van der Waals surface area (Å²) in [6.07, 6.45) is -0.975. The SMILES string of the molecule is C[C@@H](OC(=O)c1ccc(Cl)cc1N)C(=O)Nc1cccc(Br)c1. The van der Waals surface area contributed by atoms with Gasteiger partial charge in [-0.15, -0.1) is 0 Å². The monoisotopic (exact) mass is 396 g/mol. The van der Waals surface area contributed by atoms with Crippen molar-refractivity contribution in [2.75, 3.05) is 11.1 Å². The minimum atomic E-state index is -0.975. The van der Waals surface area contributed by atoms with Crippen LogP contribution in [0, 0.1) is 0 Å². The number of benzene rings is 2. The van der Waals surface area contributed by atoms with Crippen molar-refractivity contribution in [1.29, 1.82) is 0 Å². The van der Waals surface area contributed by atoms with Crippen molar-refractivity contribution in [1.82, 2.24) is 0 Å². The lowest BCUT2D eigenvalue weighted by Crippen LogP contribution is -2.30. The lowest BCUT2D eigenvalue weighted by molar-refractivity contribution is -0.123. The first-order valence-corrected chi connectivity index (χ1v) is 7.86. The van der Waals surface area contributed by atoms with Crippen molar-refractivity contribution in [2.24, 2.45) is 0 Å². The summed E-state index contributed by atoms with van der Waals surface area (Å²) in [6, 6.07) is 11.5. The normalized spacial score (nSPS) is 11.6. The van der Waals surface area contributed by atoms with Crippen molar-refractivity contribution in [3.63, 3.8) is 0 Å². The van der Waals surface area contributed by atoms with E-state index < -0.39 is 18.0 Å². The number of hydrogen-bond acceptors (Lipinski definition) is 4. The van der Waals surface area contributed by atoms with Crippen LogP contribution in [0.2, 0.25) is 5.02 Å². The van der Waals surface area contributed by atoms with Crippen LogP contribution in [0.15, 0.2) is 46.9 Å². The molecule has 2 aromatic rings. The summed E-state index contributed by atoms with van der Waals surface area (Å²) in [6.45, 7) is 1.48. The Labute approximate surface area is 146 Å². The van der Waals surface area contributed by atoms with Gasteiger partial charge in [0.1, 0.15) is 0 Å². The largest absolute Gasteiger partial charge is 0.449 e. The van der Waals surface area contributed by atoms with E-state index in [2.05, 4.69) is 21.2 Å². The number of ether oxygens (including phenoxy) is 1. The molecule has 0 unspecified atom stereocenters. The summed E-state index contributed by atoms with van der Waals surface area (Å²) >= 11 is 9.09. The van der Waals surface area contributed by atoms with Crippen LogP contribution in [-0.4, -0.2) is 18.0 Å². The van der Waals surface area contributed by atoms with Gasteiger partial charge in [0.25, 0.3) is 5.91 Å². The van der Waals surface area contributed by atoms with Gasteiger partial charge in [0.05, 0.1) is 5.56 Å². The Balaban J connectivity index is 2.01. The summed E-state index contributed by atoms with van der Waals surface area (Å²) in [5.74, 6) is -1.12. The molecule has 7 heteroatoms. The number of carbonyl (C=O) groups is 2. The number of carbonyl (C=O) groups excluding carboxylic acids is 2. The zero-order chi connectivity index (χ0) is 17.0. The molecule has 0 radical (unpaired) electrons. The van der Waals surface area contributed by atoms with Crippen molar-refractivity contribution >= 4 is 50.8 Å². The van der Waals surface area contributed by atoms with Crippen LogP contribution in [0.3, 0.4) is 0 Å². The Morgan fingerprint density at radius 1 is 1.26 bits per heavy atom. The van der Waals surface area contributed by atoms with Gasteiger partial charge in [-0.1, -0.05) is 33.6 Å². The first kappa shape index (κ1) is 17.3. The quantitative estimate of drug-likeness (QED) is 0.606. The zero-order valence-corrected chi connectivity index (χ0v) is 14.5. The molecule has 2 aromatic carbocycles. The van der Waals surface area contributed by atoms with E-state index in [1.807, 2.05) is 6.07 Å². The van der Waals surface area contributed by atoms with Gasteiger partial charge in [-0.05, 0) is 43.3 Å². The third kappa shape index (κ3) is 4.71. The maximum absolute atomic E-state index is 12.1. The smallest absolute Gasteiger partial charge is 0.341 e. The molecule has 0 heterocycles. The first-order valence-electron chi connectivity index (χ1n) is 6.69. The van der Waals surface area contributed by atoms with Crippen LogP contribution in [0.25, 0.3) is 0 Å². The molecule has 0 saturated carbocycles. The van der Waals surface area contributed by atoms with Gasteiger partial charge in [0.15, 0.2) is 6.10 Å². The molecule has 23 heavy (non-hydrogen) atoms. The highest BCUT2D eigenvalue weighted by molar-refractivity contribution is 9.10. The van der Waals surface area contributed by atoms with E-state index in [0.29, 0.717) is 10.7 Å². The van der Waals surface area contributed by atoms with Crippen LogP contribution in [0.5, 0.6) is 0 Å². The van der Waals surface area contributed by atoms with E-state index >= 15 is 0 Å². The molecule has 3 N–H and O–H groups in total. The maximum atomic E-state index is 12.1. The van der Waals surface area contributed by atoms with Crippen LogP contribution in [0.1, 0.15) is 17.3 Å². The molecule has 1 atom stereocenters. The van der Waals surface area contributed by atoms with Crippen LogP contribution < -0.4 is 11.1 Å². The van der Waals surface area contributed by atoms with Crippen molar-refractivity contribution in [2.45, 2.75) is 13.0 Å². The number of rotatable bonds is 4. The predicted molar refractivity (Wildman–Crippen MR) is 93.5 cm³/mol. The van der Waals surface area contributed by atoms with Crippen LogP contribution in [-0.2, 0) is 9.53 Å². The minimum Gasteiger partial charge on any atom is -0.449 e. The highest BCUT2D eigenvalue weighted by Gasteiger charge is 2.20. The van der Waals surface area contributed by atoms with Crippen molar-refractivity contribution < 1.29 is 14.3 Å². The van der Waals surface area contributed by atoms with Crippen LogP contribution in [0.4, 0.5) is 11.4 Å². The minimum absolute atomic E-state index is 0.163. The molecule has 0 saturated heterocycles. The highest BCUT2D eigenvalue weighted by atomic mass is 79.9. The number of halogens is 2. The number of hydrogen-bond donors (Lipinski definition) is 2. The Hall–Kier alpha value is -2.05. The molecule has 120 valence electrons. The molecule has 5 nitrogen and oxygen atoms in total. The van der Waals surface area contributed by atoms with E-state index in [1.54, 1.807) is 18.2 Å². The predicted octanol–water partition coefficient (Wildman–Crippen LogP) is 3.87. The first-order chi connectivity index (χ1) is 10.9. The lowest BCUT2D eigenvalue weighted by atomic mass is 10.2. The Bertz CT molecular complexity index is 752. The Kier molecular flexibility index (Phi) is 5.63. The molecule has 0 spiro atoms. The van der Waals surface area contributed by atoms with E-state index in [9.17, 15) is 9.59 Å². The van der Waals surface area contributed by atoms with E-state index in [-0.39, 0.29) is 11.3 Å². The molecular weight excluding hydrogens is 384 g/mol. The summed E-state index contributed by atoms with van der Waals surface area (Å²) in [5, 5.41) is 3.08. The maximum Gasteiger partial charge on any atom is 0.341 e. The number of amides is 1. The van der Waals surface area contributed by atoms with Crippen molar-refractivity contribution in [3.05, 3.63) is 57.5 Å². The fourth-order valence-corrected chi connectivity index (χ4v) is 2.39. The van der Waals surface area contributed by atoms with Gasteiger partial charge in [-0.3, -0.25) is 4.79 Å². The summed E-state index contributed by atoms with van der Waals surface area (Å²) in [5.41, 5.74) is 6.68. The summed E-state index contributed by atoms with van der Waals surface area (Å²) < 4.78 is 5.96. The Morgan fingerprint density at radius 2 is 2.00 bits per heavy atom. The number of nitrogens with two attached hydrogens (primary N) is 1. The number of nitrogen functional groups attached to an aromatic ring is 1. The molecule has 1 amide bonds. The van der Waals surface area contributed by atoms with E-state index in [0.717, 1.165) is 4.47 Å². The summed E-state index contributed by atoms with van der Waals surface area (Å²) in [7, 11) is 0. The average molecular weight is 398 g/mol. The van der Waals surface area contributed by atoms with Gasteiger partial charge in [0, 0.05) is 20.9 Å². The zero-order valence-electron chi connectivity index (χ0n) is 12.2. The van der Waals surface area contributed by atoms with E-state index in [4.69, 9.17) is 22.1 Å². The standard InChI is InChI=1S/C16H14BrClN2O3/c1-9(15(21)20-12-4-2-3-10(17)7-12)23-16(22)13-6-5-11(18)8-14(13)19/h2-9H,19H2,1H3,(H,20,21)/t9-/m1/s1. The van der Waals surface area contributed by atoms with Gasteiger partial charge in [0.2, 0.25) is 0 Å². The molecule has 0 aliphatic rings. The summed E-state index contributed by atoms with van der Waals surface area (Å²) in [4.78, 5) is 24.1. The Morgan fingerprint density at radius 3 is 2.65 bits per heavy atom. The second kappa shape index (κ2) is 7.48. The van der Waals surface area contributed by atoms with Gasteiger partial charge < -0.3 is 15.8 Å². The third-order valence-corrected chi connectivity index (χ3v) is 3.71. The fraction of sp³-hybridized carbons (Fsp3) is 0.125. The van der Waals surface area contributed by atoms with Gasteiger partial charge in [-0.2, -0.15) is 0 Å². The lowest BCUT2D eigenvalue weighted by Gasteiger charge is -2.14. The topological polar surface area (TPSA) is 81.4 Å². The average Bonchev–Trinajstić information content (AvgIpc) is 2.46. The number of esters is 1. The van der Waals surface area contributed by atoms with E-state index in [1.165, 1.54) is 25.1 Å². The molecule has 0 aliphatic carbocycles. The second-order valence-electron chi connectivity index (χ2n) is 4.78. The molecule has 0 fully saturated rings. The molecule has 0 aromatic heterocycles. The van der Waals surface area contributed by atoms with Gasteiger partial charge >= 0.3 is 5.97 Å². The molecule has 0 aliphatic heterocycles. The second-order valence-corrected chi connectivity index (χ2v) is 6.13. The number of anilines is 2. The highest BCUT2D eigenvalue weighted by Crippen LogP contribution is 2.20. The number of nitrogens with one attached hydrogen (secondary N) is 1. The molecule has 0 bridgehead atoms.